The summed E-state index contributed by atoms with van der Waals surface area (Å²) in [6, 6.07) is 2.03. The summed E-state index contributed by atoms with van der Waals surface area (Å²) >= 11 is 1.31. The number of unbranched alkanes of at least 4 members (excludes halogenated alkanes) is 1. The third kappa shape index (κ3) is 4.52. The molecule has 0 bridgehead atoms. The van der Waals surface area contributed by atoms with E-state index in [4.69, 9.17) is 0 Å². The van der Waals surface area contributed by atoms with Crippen molar-refractivity contribution in [2.45, 2.75) is 63.4 Å². The van der Waals surface area contributed by atoms with Crippen molar-refractivity contribution < 1.29 is 13.2 Å². The average Bonchev–Trinajstić information content (AvgIpc) is 3.26. The van der Waals surface area contributed by atoms with Gasteiger partial charge in [0.15, 0.2) is 9.84 Å². The molecule has 0 aromatic carbocycles. The second-order valence-electron chi connectivity index (χ2n) is 7.59. The van der Waals surface area contributed by atoms with Crippen LogP contribution < -0.4 is 0 Å². The number of sulfone groups is 1. The van der Waals surface area contributed by atoms with Crippen LogP contribution in [0.5, 0.6) is 0 Å². The summed E-state index contributed by atoms with van der Waals surface area (Å²) < 4.78 is 23.7. The molecule has 0 spiro atoms. The predicted octanol–water partition coefficient (Wildman–Crippen LogP) is 2.66. The van der Waals surface area contributed by atoms with Gasteiger partial charge in [-0.1, -0.05) is 25.1 Å². The number of hydrogen-bond donors (Lipinski definition) is 0. The summed E-state index contributed by atoms with van der Waals surface area (Å²) in [5.74, 6) is 0.335. The maximum Gasteiger partial charge on any atom is 0.233 e. The summed E-state index contributed by atoms with van der Waals surface area (Å²) in [5.41, 5.74) is 3.80. The molecule has 1 saturated heterocycles. The van der Waals surface area contributed by atoms with Gasteiger partial charge in [-0.3, -0.25) is 4.79 Å². The zero-order valence-corrected chi connectivity index (χ0v) is 18.2. The number of nitrogens with zero attached hydrogens (tertiary/aromatic N) is 3. The van der Waals surface area contributed by atoms with Gasteiger partial charge in [-0.15, -0.1) is 0 Å². The number of fused-ring (bicyclic) bond motifs is 1. The highest BCUT2D eigenvalue weighted by Gasteiger charge is 2.34. The highest BCUT2D eigenvalue weighted by molar-refractivity contribution is 8.00. The standard InChI is InChI=1S/C20H27N3O3S2/c1-3-4-9-23(15-8-10-28(25,26)13-15)19(24)12-27-20-17(11-21)14(2)16-6-5-7-18(16)22-20/h15H,3-10,12-13H2,1-2H3. The van der Waals surface area contributed by atoms with Crippen LogP contribution in [0, 0.1) is 18.3 Å². The molecule has 1 amide bonds. The summed E-state index contributed by atoms with van der Waals surface area (Å²) in [7, 11) is -3.05. The quantitative estimate of drug-likeness (QED) is 0.629. The van der Waals surface area contributed by atoms with Crippen molar-refractivity contribution in [1.82, 2.24) is 9.88 Å². The van der Waals surface area contributed by atoms with E-state index in [0.29, 0.717) is 23.6 Å². The van der Waals surface area contributed by atoms with Crippen molar-refractivity contribution >= 4 is 27.5 Å². The molecule has 8 heteroatoms. The van der Waals surface area contributed by atoms with Crippen LogP contribution in [-0.2, 0) is 27.5 Å². The zero-order valence-electron chi connectivity index (χ0n) is 16.5. The largest absolute Gasteiger partial charge is 0.338 e. The molecule has 1 unspecified atom stereocenters. The smallest absolute Gasteiger partial charge is 0.233 e. The Balaban J connectivity index is 1.74. The number of amides is 1. The molecular formula is C20H27N3O3S2. The average molecular weight is 422 g/mol. The van der Waals surface area contributed by atoms with Gasteiger partial charge in [0, 0.05) is 18.3 Å². The maximum atomic E-state index is 12.9. The number of nitriles is 1. The van der Waals surface area contributed by atoms with E-state index in [1.807, 2.05) is 6.92 Å². The zero-order chi connectivity index (χ0) is 20.3. The third-order valence-corrected chi connectivity index (χ3v) is 8.34. The van der Waals surface area contributed by atoms with Gasteiger partial charge in [-0.2, -0.15) is 5.26 Å². The summed E-state index contributed by atoms with van der Waals surface area (Å²) in [5, 5.41) is 10.2. The lowest BCUT2D eigenvalue weighted by molar-refractivity contribution is -0.130. The highest BCUT2D eigenvalue weighted by atomic mass is 32.2. The minimum atomic E-state index is -3.05. The van der Waals surface area contributed by atoms with E-state index in [9.17, 15) is 18.5 Å². The molecule has 0 saturated carbocycles. The van der Waals surface area contributed by atoms with Crippen LogP contribution >= 0.6 is 11.8 Å². The normalized spacial score (nSPS) is 20.0. The first-order valence-electron chi connectivity index (χ1n) is 9.91. The summed E-state index contributed by atoms with van der Waals surface area (Å²) in [6.07, 6.45) is 5.26. The first-order valence-corrected chi connectivity index (χ1v) is 12.7. The number of hydrogen-bond acceptors (Lipinski definition) is 6. The Kier molecular flexibility index (Phi) is 6.66. The lowest BCUT2D eigenvalue weighted by Crippen LogP contribution is -2.42. The number of carbonyl (C=O) groups is 1. The lowest BCUT2D eigenvalue weighted by atomic mass is 10.0. The fraction of sp³-hybridized carbons (Fsp3) is 0.650. The Morgan fingerprint density at radius 1 is 1.39 bits per heavy atom. The number of aryl methyl sites for hydroxylation is 1. The van der Waals surface area contributed by atoms with Crippen molar-refractivity contribution in [3.63, 3.8) is 0 Å². The number of carbonyl (C=O) groups excluding carboxylic acids is 1. The molecule has 152 valence electrons. The minimum Gasteiger partial charge on any atom is -0.338 e. The van der Waals surface area contributed by atoms with Gasteiger partial charge in [-0.05, 0) is 50.2 Å². The molecular weight excluding hydrogens is 394 g/mol. The van der Waals surface area contributed by atoms with Gasteiger partial charge in [-0.25, -0.2) is 13.4 Å². The van der Waals surface area contributed by atoms with Gasteiger partial charge in [0.05, 0.1) is 22.8 Å². The Bertz CT molecular complexity index is 906. The van der Waals surface area contributed by atoms with Gasteiger partial charge in [0.2, 0.25) is 5.91 Å². The molecule has 0 radical (unpaired) electrons. The van der Waals surface area contributed by atoms with Crippen molar-refractivity contribution in [2.75, 3.05) is 23.8 Å². The van der Waals surface area contributed by atoms with E-state index in [2.05, 4.69) is 18.0 Å². The van der Waals surface area contributed by atoms with Crippen molar-refractivity contribution in [1.29, 1.82) is 5.26 Å². The SMILES string of the molecule is CCCCN(C(=O)CSc1nc2c(c(C)c1C#N)CCC2)C1CCS(=O)(=O)C1. The molecule has 1 aliphatic carbocycles. The van der Waals surface area contributed by atoms with E-state index >= 15 is 0 Å². The van der Waals surface area contributed by atoms with Crippen LogP contribution in [-0.4, -0.2) is 54.1 Å². The van der Waals surface area contributed by atoms with Gasteiger partial charge >= 0.3 is 0 Å². The molecule has 0 N–H and O–H groups in total. The Morgan fingerprint density at radius 3 is 2.82 bits per heavy atom. The number of pyridine rings is 1. The molecule has 1 aliphatic heterocycles. The molecule has 1 atom stereocenters. The maximum absolute atomic E-state index is 12.9. The van der Waals surface area contributed by atoms with E-state index in [-0.39, 0.29) is 29.2 Å². The summed E-state index contributed by atoms with van der Waals surface area (Å²) in [4.78, 5) is 19.4. The molecule has 1 aromatic rings. The van der Waals surface area contributed by atoms with E-state index in [1.165, 1.54) is 17.3 Å². The number of aromatic nitrogens is 1. The minimum absolute atomic E-state index is 0.0623. The van der Waals surface area contributed by atoms with Crippen molar-refractivity contribution in [2.24, 2.45) is 0 Å². The van der Waals surface area contributed by atoms with Crippen LogP contribution in [0.15, 0.2) is 5.03 Å². The van der Waals surface area contributed by atoms with Crippen LogP contribution in [0.2, 0.25) is 0 Å². The molecule has 2 heterocycles. The molecule has 1 fully saturated rings. The second-order valence-corrected chi connectivity index (χ2v) is 10.8. The lowest BCUT2D eigenvalue weighted by Gasteiger charge is -2.28. The fourth-order valence-electron chi connectivity index (χ4n) is 4.05. The monoisotopic (exact) mass is 421 g/mol. The van der Waals surface area contributed by atoms with E-state index < -0.39 is 9.84 Å². The van der Waals surface area contributed by atoms with E-state index in [1.54, 1.807) is 4.90 Å². The first-order chi connectivity index (χ1) is 13.4. The highest BCUT2D eigenvalue weighted by Crippen LogP contribution is 2.32. The topological polar surface area (TPSA) is 91.1 Å². The second kappa shape index (κ2) is 8.83. The molecule has 1 aromatic heterocycles. The van der Waals surface area contributed by atoms with Crippen molar-refractivity contribution in [3.05, 3.63) is 22.4 Å². The third-order valence-electron chi connectivity index (χ3n) is 5.63. The Hall–Kier alpha value is -1.59. The number of rotatable bonds is 7. The van der Waals surface area contributed by atoms with Crippen LogP contribution in [0.4, 0.5) is 0 Å². The fourth-order valence-corrected chi connectivity index (χ4v) is 6.73. The molecule has 2 aliphatic rings. The molecule has 6 nitrogen and oxygen atoms in total. The predicted molar refractivity (Wildman–Crippen MR) is 110 cm³/mol. The van der Waals surface area contributed by atoms with Gasteiger partial charge in [0.1, 0.15) is 11.1 Å². The Morgan fingerprint density at radius 2 is 2.18 bits per heavy atom. The van der Waals surface area contributed by atoms with Crippen LogP contribution in [0.1, 0.15) is 55.0 Å². The van der Waals surface area contributed by atoms with Gasteiger partial charge in [0.25, 0.3) is 0 Å². The van der Waals surface area contributed by atoms with Crippen molar-refractivity contribution in [3.8, 4) is 6.07 Å². The molecule has 28 heavy (non-hydrogen) atoms. The first kappa shape index (κ1) is 21.1. The summed E-state index contributed by atoms with van der Waals surface area (Å²) in [6.45, 7) is 4.60. The Labute approximate surface area is 171 Å². The van der Waals surface area contributed by atoms with E-state index in [0.717, 1.165) is 43.4 Å². The van der Waals surface area contributed by atoms with Crippen LogP contribution in [0.3, 0.4) is 0 Å². The number of thioether (sulfide) groups is 1. The molecule has 3 rings (SSSR count). The van der Waals surface area contributed by atoms with Crippen LogP contribution in [0.25, 0.3) is 0 Å². The van der Waals surface area contributed by atoms with Gasteiger partial charge < -0.3 is 4.90 Å².